The third kappa shape index (κ3) is 3.02. The average molecular weight is 221 g/mol. The second kappa shape index (κ2) is 5.58. The van der Waals surface area contributed by atoms with Crippen LogP contribution in [0.3, 0.4) is 0 Å². The minimum absolute atomic E-state index is 0.0723. The van der Waals surface area contributed by atoms with E-state index in [4.69, 9.17) is 0 Å². The molecule has 0 unspecified atom stereocenters. The first-order valence-corrected chi connectivity index (χ1v) is 6.01. The highest BCUT2D eigenvalue weighted by Gasteiger charge is 2.14. The first-order chi connectivity index (χ1) is 7.86. The highest BCUT2D eigenvalue weighted by atomic mass is 16.2. The molecule has 1 fully saturated rings. The maximum atomic E-state index is 11.9. The molecule has 88 valence electrons. The van der Waals surface area contributed by atoms with Crippen LogP contribution >= 0.6 is 0 Å². The number of nitrogens with zero attached hydrogens (tertiary/aromatic N) is 1. The highest BCUT2D eigenvalue weighted by Crippen LogP contribution is 2.09. The van der Waals surface area contributed by atoms with Gasteiger partial charge in [0.25, 0.3) is 0 Å². The first-order valence-electron chi connectivity index (χ1n) is 6.01. The normalized spacial score (nSPS) is 16.9. The van der Waals surface area contributed by atoms with Crippen molar-refractivity contribution in [2.45, 2.75) is 32.2 Å². The number of nitrogens with one attached hydrogen (secondary N) is 2. The molecule has 2 heterocycles. The van der Waals surface area contributed by atoms with Crippen LogP contribution < -0.4 is 5.32 Å². The molecular weight excluding hydrogens is 202 g/mol. The molecule has 2 rings (SSSR count). The van der Waals surface area contributed by atoms with E-state index in [1.165, 1.54) is 12.8 Å². The summed E-state index contributed by atoms with van der Waals surface area (Å²) < 4.78 is 0. The molecule has 2 N–H and O–H groups in total. The molecule has 1 aromatic heterocycles. The zero-order chi connectivity index (χ0) is 11.2. The van der Waals surface area contributed by atoms with Crippen molar-refractivity contribution in [3.05, 3.63) is 24.0 Å². The SMILES string of the molecule is O=C(NCc1cc[nH]c1)N1CCCCCC1. The average Bonchev–Trinajstić information content (AvgIpc) is 2.66. The summed E-state index contributed by atoms with van der Waals surface area (Å²) in [6, 6.07) is 2.05. The number of carbonyl (C=O) groups is 1. The van der Waals surface area contributed by atoms with Crippen LogP contribution in [0.5, 0.6) is 0 Å². The lowest BCUT2D eigenvalue weighted by atomic mass is 10.2. The fourth-order valence-electron chi connectivity index (χ4n) is 2.03. The Hall–Kier alpha value is -1.45. The van der Waals surface area contributed by atoms with Gasteiger partial charge in [-0.05, 0) is 24.5 Å². The summed E-state index contributed by atoms with van der Waals surface area (Å²) in [5.74, 6) is 0. The predicted octanol–water partition coefficient (Wildman–Crippen LogP) is 2.10. The van der Waals surface area contributed by atoms with Gasteiger partial charge in [-0.25, -0.2) is 4.79 Å². The number of hydrogen-bond acceptors (Lipinski definition) is 1. The van der Waals surface area contributed by atoms with Gasteiger partial charge in [0.05, 0.1) is 0 Å². The molecule has 0 aromatic carbocycles. The summed E-state index contributed by atoms with van der Waals surface area (Å²) in [6.07, 6.45) is 8.55. The lowest BCUT2D eigenvalue weighted by Crippen LogP contribution is -2.40. The number of H-pyrrole nitrogens is 1. The highest BCUT2D eigenvalue weighted by molar-refractivity contribution is 5.74. The molecular formula is C12H19N3O. The van der Waals surface area contributed by atoms with Gasteiger partial charge in [0.2, 0.25) is 0 Å². The van der Waals surface area contributed by atoms with Crippen molar-refractivity contribution in [2.24, 2.45) is 0 Å². The van der Waals surface area contributed by atoms with Crippen LogP contribution in [-0.2, 0) is 6.54 Å². The molecule has 0 radical (unpaired) electrons. The standard InChI is InChI=1S/C12H19N3O/c16-12(14-10-11-5-6-13-9-11)15-7-3-1-2-4-8-15/h5-6,9,13H,1-4,7-8,10H2,(H,14,16). The number of amides is 2. The van der Waals surface area contributed by atoms with E-state index in [0.717, 1.165) is 31.5 Å². The molecule has 1 aromatic rings. The first kappa shape index (κ1) is 11.0. The molecule has 0 saturated carbocycles. The molecule has 4 heteroatoms. The van der Waals surface area contributed by atoms with E-state index in [1.807, 2.05) is 23.4 Å². The van der Waals surface area contributed by atoms with Gasteiger partial charge in [-0.1, -0.05) is 12.8 Å². The second-order valence-electron chi connectivity index (χ2n) is 4.28. The number of likely N-dealkylation sites (tertiary alicyclic amines) is 1. The molecule has 16 heavy (non-hydrogen) atoms. The Labute approximate surface area is 96.0 Å². The summed E-state index contributed by atoms with van der Waals surface area (Å²) in [6.45, 7) is 2.41. The van der Waals surface area contributed by atoms with Crippen molar-refractivity contribution in [3.8, 4) is 0 Å². The van der Waals surface area contributed by atoms with Gasteiger partial charge >= 0.3 is 6.03 Å². The Morgan fingerprint density at radius 2 is 2.06 bits per heavy atom. The van der Waals surface area contributed by atoms with E-state index in [9.17, 15) is 4.79 Å². The molecule has 0 aliphatic carbocycles. The van der Waals surface area contributed by atoms with Crippen molar-refractivity contribution in [2.75, 3.05) is 13.1 Å². The minimum Gasteiger partial charge on any atom is -0.367 e. The Balaban J connectivity index is 1.78. The lowest BCUT2D eigenvalue weighted by molar-refractivity contribution is 0.199. The van der Waals surface area contributed by atoms with Gasteiger partial charge in [0, 0.05) is 32.0 Å². The van der Waals surface area contributed by atoms with Crippen LogP contribution in [0.2, 0.25) is 0 Å². The Bertz CT molecular complexity index is 313. The van der Waals surface area contributed by atoms with Gasteiger partial charge < -0.3 is 15.2 Å². The molecule has 0 atom stereocenters. The van der Waals surface area contributed by atoms with E-state index in [-0.39, 0.29) is 6.03 Å². The van der Waals surface area contributed by atoms with Crippen LogP contribution in [0.1, 0.15) is 31.2 Å². The molecule has 1 aliphatic heterocycles. The van der Waals surface area contributed by atoms with Gasteiger partial charge in [0.1, 0.15) is 0 Å². The maximum Gasteiger partial charge on any atom is 0.317 e. The third-order valence-corrected chi connectivity index (χ3v) is 3.00. The Morgan fingerprint density at radius 3 is 2.69 bits per heavy atom. The van der Waals surface area contributed by atoms with Crippen molar-refractivity contribution in [1.82, 2.24) is 15.2 Å². The van der Waals surface area contributed by atoms with Crippen molar-refractivity contribution >= 4 is 6.03 Å². The van der Waals surface area contributed by atoms with E-state index < -0.39 is 0 Å². The molecule has 4 nitrogen and oxygen atoms in total. The molecule has 2 amide bonds. The van der Waals surface area contributed by atoms with Crippen LogP contribution in [0.4, 0.5) is 4.79 Å². The topological polar surface area (TPSA) is 48.1 Å². The largest absolute Gasteiger partial charge is 0.367 e. The fraction of sp³-hybridized carbons (Fsp3) is 0.583. The fourth-order valence-corrected chi connectivity index (χ4v) is 2.03. The van der Waals surface area contributed by atoms with E-state index in [0.29, 0.717) is 6.54 Å². The number of hydrogen-bond donors (Lipinski definition) is 2. The Morgan fingerprint density at radius 1 is 1.31 bits per heavy atom. The Kier molecular flexibility index (Phi) is 3.86. The van der Waals surface area contributed by atoms with E-state index >= 15 is 0 Å². The lowest BCUT2D eigenvalue weighted by Gasteiger charge is -2.20. The van der Waals surface area contributed by atoms with Gasteiger partial charge in [0.15, 0.2) is 0 Å². The van der Waals surface area contributed by atoms with Crippen LogP contribution in [-0.4, -0.2) is 29.0 Å². The van der Waals surface area contributed by atoms with Gasteiger partial charge in [-0.2, -0.15) is 0 Å². The maximum absolute atomic E-state index is 11.9. The number of aromatic nitrogens is 1. The number of urea groups is 1. The van der Waals surface area contributed by atoms with Crippen LogP contribution in [0, 0.1) is 0 Å². The predicted molar refractivity (Wildman–Crippen MR) is 63.1 cm³/mol. The van der Waals surface area contributed by atoms with E-state index in [2.05, 4.69) is 10.3 Å². The van der Waals surface area contributed by atoms with Crippen LogP contribution in [0.15, 0.2) is 18.5 Å². The third-order valence-electron chi connectivity index (χ3n) is 3.00. The van der Waals surface area contributed by atoms with Crippen molar-refractivity contribution < 1.29 is 4.79 Å². The summed E-state index contributed by atoms with van der Waals surface area (Å²) in [4.78, 5) is 16.8. The summed E-state index contributed by atoms with van der Waals surface area (Å²) in [5, 5.41) is 2.95. The second-order valence-corrected chi connectivity index (χ2v) is 4.28. The minimum atomic E-state index is 0.0723. The summed E-state index contributed by atoms with van der Waals surface area (Å²) in [5.41, 5.74) is 1.11. The van der Waals surface area contributed by atoms with Crippen LogP contribution in [0.25, 0.3) is 0 Å². The summed E-state index contributed by atoms with van der Waals surface area (Å²) >= 11 is 0. The number of rotatable bonds is 2. The van der Waals surface area contributed by atoms with Crippen molar-refractivity contribution in [3.63, 3.8) is 0 Å². The molecule has 0 spiro atoms. The zero-order valence-electron chi connectivity index (χ0n) is 9.54. The molecule has 1 aliphatic rings. The van der Waals surface area contributed by atoms with E-state index in [1.54, 1.807) is 0 Å². The monoisotopic (exact) mass is 221 g/mol. The number of carbonyl (C=O) groups excluding carboxylic acids is 1. The molecule has 1 saturated heterocycles. The smallest absolute Gasteiger partial charge is 0.317 e. The summed E-state index contributed by atoms with van der Waals surface area (Å²) in [7, 11) is 0. The van der Waals surface area contributed by atoms with Crippen molar-refractivity contribution in [1.29, 1.82) is 0 Å². The van der Waals surface area contributed by atoms with Gasteiger partial charge in [-0.15, -0.1) is 0 Å². The quantitative estimate of drug-likeness (QED) is 0.789. The number of aromatic amines is 1. The zero-order valence-corrected chi connectivity index (χ0v) is 9.54. The molecule has 0 bridgehead atoms. The van der Waals surface area contributed by atoms with Gasteiger partial charge in [-0.3, -0.25) is 0 Å².